The van der Waals surface area contributed by atoms with Crippen molar-refractivity contribution in [2.75, 3.05) is 5.32 Å². The van der Waals surface area contributed by atoms with E-state index in [1.165, 1.54) is 35.0 Å². The topological polar surface area (TPSA) is 93.1 Å². The summed E-state index contributed by atoms with van der Waals surface area (Å²) in [5.74, 6) is -0.361. The van der Waals surface area contributed by atoms with Crippen molar-refractivity contribution in [1.82, 2.24) is 14.5 Å². The number of benzene rings is 1. The Kier molecular flexibility index (Phi) is 6.22. The van der Waals surface area contributed by atoms with Crippen molar-refractivity contribution in [1.29, 1.82) is 0 Å². The van der Waals surface area contributed by atoms with Crippen LogP contribution in [0.15, 0.2) is 35.2 Å². The summed E-state index contributed by atoms with van der Waals surface area (Å²) in [6, 6.07) is 5.73. The molecule has 9 heteroatoms. The van der Waals surface area contributed by atoms with Crippen LogP contribution in [-0.2, 0) is 21.9 Å². The fourth-order valence-electron chi connectivity index (χ4n) is 2.27. The predicted octanol–water partition coefficient (Wildman–Crippen LogP) is 2.72. The number of nitrogens with zero attached hydrogens (tertiary/aromatic N) is 2. The van der Waals surface area contributed by atoms with Crippen molar-refractivity contribution in [3.05, 3.63) is 46.8 Å². The zero-order valence-corrected chi connectivity index (χ0v) is 16.5. The molecule has 0 spiro atoms. The maximum atomic E-state index is 12.1. The van der Waals surface area contributed by atoms with E-state index in [1.54, 1.807) is 33.9 Å². The Morgan fingerprint density at radius 3 is 2.38 bits per heavy atom. The molecule has 0 fully saturated rings. The van der Waals surface area contributed by atoms with E-state index in [-0.39, 0.29) is 16.8 Å². The van der Waals surface area contributed by atoms with E-state index in [0.29, 0.717) is 22.1 Å². The molecule has 140 valence electrons. The summed E-state index contributed by atoms with van der Waals surface area (Å²) in [4.78, 5) is 12.2. The SMILES string of the molecule is Cc1nn(C)c(Cl)c1/C=C/C(=O)Nc1ccc(S(=O)(=O)NC(C)C)cc1. The third-order valence-corrected chi connectivity index (χ3v) is 5.54. The maximum Gasteiger partial charge on any atom is 0.248 e. The van der Waals surface area contributed by atoms with Gasteiger partial charge in [0, 0.05) is 30.4 Å². The number of rotatable bonds is 6. The van der Waals surface area contributed by atoms with Gasteiger partial charge in [0.05, 0.1) is 10.6 Å². The summed E-state index contributed by atoms with van der Waals surface area (Å²) in [5.41, 5.74) is 1.87. The summed E-state index contributed by atoms with van der Waals surface area (Å²) in [7, 11) is -1.84. The molecule has 2 aromatic rings. The first-order valence-electron chi connectivity index (χ1n) is 7.90. The molecular formula is C17H21ClN4O3S. The standard InChI is InChI=1S/C17H21ClN4O3S/c1-11(2)21-26(24,25)14-7-5-13(6-8-14)19-16(23)10-9-15-12(3)20-22(4)17(15)18/h5-11,21H,1-4H3,(H,19,23)/b10-9+. The van der Waals surface area contributed by atoms with Crippen LogP contribution in [0.1, 0.15) is 25.1 Å². The molecule has 0 saturated carbocycles. The van der Waals surface area contributed by atoms with Crippen molar-refractivity contribution in [2.24, 2.45) is 7.05 Å². The number of carbonyl (C=O) groups excluding carboxylic acids is 1. The van der Waals surface area contributed by atoms with Gasteiger partial charge in [0.1, 0.15) is 5.15 Å². The molecule has 0 aliphatic rings. The van der Waals surface area contributed by atoms with Gasteiger partial charge in [-0.15, -0.1) is 0 Å². The molecule has 1 amide bonds. The van der Waals surface area contributed by atoms with Crippen LogP contribution in [0, 0.1) is 6.92 Å². The summed E-state index contributed by atoms with van der Waals surface area (Å²) in [6.45, 7) is 5.29. The largest absolute Gasteiger partial charge is 0.323 e. The number of aromatic nitrogens is 2. The van der Waals surface area contributed by atoms with Crippen LogP contribution < -0.4 is 10.0 Å². The summed E-state index contributed by atoms with van der Waals surface area (Å²) < 4.78 is 28.2. The zero-order chi connectivity index (χ0) is 19.5. The lowest BCUT2D eigenvalue weighted by Gasteiger charge is -2.10. The molecular weight excluding hydrogens is 376 g/mol. The Bertz CT molecular complexity index is 932. The van der Waals surface area contributed by atoms with Crippen molar-refractivity contribution in [3.63, 3.8) is 0 Å². The average Bonchev–Trinajstić information content (AvgIpc) is 2.77. The van der Waals surface area contributed by atoms with Crippen molar-refractivity contribution in [2.45, 2.75) is 31.7 Å². The lowest BCUT2D eigenvalue weighted by atomic mass is 10.2. The number of amides is 1. The normalized spacial score (nSPS) is 12.1. The lowest BCUT2D eigenvalue weighted by Crippen LogP contribution is -2.30. The van der Waals surface area contributed by atoms with E-state index in [0.717, 1.165) is 0 Å². The molecule has 26 heavy (non-hydrogen) atoms. The van der Waals surface area contributed by atoms with Crippen LogP contribution in [-0.4, -0.2) is 30.1 Å². The number of halogens is 1. The third-order valence-electron chi connectivity index (χ3n) is 3.42. The van der Waals surface area contributed by atoms with E-state index in [4.69, 9.17) is 11.6 Å². The molecule has 0 unspecified atom stereocenters. The number of anilines is 1. The van der Waals surface area contributed by atoms with Crippen LogP contribution in [0.25, 0.3) is 6.08 Å². The van der Waals surface area contributed by atoms with Crippen LogP contribution in [0.4, 0.5) is 5.69 Å². The highest BCUT2D eigenvalue weighted by atomic mass is 35.5. The van der Waals surface area contributed by atoms with Crippen LogP contribution in [0.3, 0.4) is 0 Å². The molecule has 7 nitrogen and oxygen atoms in total. The van der Waals surface area contributed by atoms with Gasteiger partial charge in [-0.1, -0.05) is 11.6 Å². The van der Waals surface area contributed by atoms with Crippen LogP contribution >= 0.6 is 11.6 Å². The van der Waals surface area contributed by atoms with Crippen LogP contribution in [0.2, 0.25) is 5.15 Å². The van der Waals surface area contributed by atoms with Gasteiger partial charge in [0.25, 0.3) is 0 Å². The van der Waals surface area contributed by atoms with E-state index in [2.05, 4.69) is 15.1 Å². The summed E-state index contributed by atoms with van der Waals surface area (Å²) in [6.07, 6.45) is 2.94. The molecule has 1 heterocycles. The summed E-state index contributed by atoms with van der Waals surface area (Å²) in [5, 5.41) is 7.27. The average molecular weight is 397 g/mol. The van der Waals surface area contributed by atoms with Gasteiger partial charge in [-0.2, -0.15) is 5.10 Å². The molecule has 2 rings (SSSR count). The van der Waals surface area contributed by atoms with Gasteiger partial charge >= 0.3 is 0 Å². The molecule has 2 N–H and O–H groups in total. The Morgan fingerprint density at radius 2 is 1.88 bits per heavy atom. The number of hydrogen-bond donors (Lipinski definition) is 2. The molecule has 0 radical (unpaired) electrons. The van der Waals surface area contributed by atoms with Gasteiger partial charge in [-0.25, -0.2) is 13.1 Å². The van der Waals surface area contributed by atoms with Crippen molar-refractivity contribution >= 4 is 39.3 Å². The van der Waals surface area contributed by atoms with Gasteiger partial charge in [-0.05, 0) is 51.1 Å². The lowest BCUT2D eigenvalue weighted by molar-refractivity contribution is -0.111. The van der Waals surface area contributed by atoms with Crippen molar-refractivity contribution < 1.29 is 13.2 Å². The molecule has 0 aliphatic heterocycles. The fraction of sp³-hybridized carbons (Fsp3) is 0.294. The molecule has 0 bridgehead atoms. The first kappa shape index (κ1) is 20.2. The van der Waals surface area contributed by atoms with Gasteiger partial charge in [0.2, 0.25) is 15.9 Å². The number of hydrogen-bond acceptors (Lipinski definition) is 4. The Morgan fingerprint density at radius 1 is 1.27 bits per heavy atom. The highest BCUT2D eigenvalue weighted by Gasteiger charge is 2.15. The second kappa shape index (κ2) is 8.03. The number of nitrogens with one attached hydrogen (secondary N) is 2. The minimum absolute atomic E-state index is 0.137. The first-order chi connectivity index (χ1) is 12.1. The monoisotopic (exact) mass is 396 g/mol. The van der Waals surface area contributed by atoms with Crippen LogP contribution in [0.5, 0.6) is 0 Å². The third kappa shape index (κ3) is 4.94. The molecule has 1 aromatic heterocycles. The smallest absolute Gasteiger partial charge is 0.248 e. The number of carbonyl (C=O) groups is 1. The second-order valence-corrected chi connectivity index (χ2v) is 8.11. The van der Waals surface area contributed by atoms with Crippen molar-refractivity contribution in [3.8, 4) is 0 Å². The van der Waals surface area contributed by atoms with E-state index < -0.39 is 10.0 Å². The fourth-order valence-corrected chi connectivity index (χ4v) is 3.76. The molecule has 0 atom stereocenters. The van der Waals surface area contributed by atoms with Gasteiger partial charge in [-0.3, -0.25) is 9.48 Å². The zero-order valence-electron chi connectivity index (χ0n) is 14.9. The molecule has 0 aliphatic carbocycles. The minimum Gasteiger partial charge on any atom is -0.323 e. The second-order valence-electron chi connectivity index (χ2n) is 6.04. The Labute approximate surface area is 158 Å². The quantitative estimate of drug-likeness (QED) is 0.734. The number of sulfonamides is 1. The predicted molar refractivity (Wildman–Crippen MR) is 103 cm³/mol. The van der Waals surface area contributed by atoms with E-state index >= 15 is 0 Å². The Balaban J connectivity index is 2.07. The summed E-state index contributed by atoms with van der Waals surface area (Å²) >= 11 is 6.11. The molecule has 0 saturated heterocycles. The maximum absolute atomic E-state index is 12.1. The first-order valence-corrected chi connectivity index (χ1v) is 9.77. The highest BCUT2D eigenvalue weighted by Crippen LogP contribution is 2.20. The minimum atomic E-state index is -3.56. The van der Waals surface area contributed by atoms with Gasteiger partial charge < -0.3 is 5.32 Å². The van der Waals surface area contributed by atoms with E-state index in [9.17, 15) is 13.2 Å². The van der Waals surface area contributed by atoms with Gasteiger partial charge in [0.15, 0.2) is 0 Å². The number of aryl methyl sites for hydroxylation is 2. The molecule has 1 aromatic carbocycles. The Hall–Kier alpha value is -2.16. The van der Waals surface area contributed by atoms with E-state index in [1.807, 2.05) is 0 Å². The highest BCUT2D eigenvalue weighted by molar-refractivity contribution is 7.89.